The third kappa shape index (κ3) is 8.53. The number of carbonyl (C=O) groups is 2. The molecule has 33 heavy (non-hydrogen) atoms. The van der Waals surface area contributed by atoms with E-state index in [1.54, 1.807) is 36.1 Å². The van der Waals surface area contributed by atoms with Crippen LogP contribution in [0.2, 0.25) is 0 Å². The van der Waals surface area contributed by atoms with Gasteiger partial charge in [0.15, 0.2) is 0 Å². The molecule has 0 fully saturated rings. The van der Waals surface area contributed by atoms with Crippen molar-refractivity contribution in [3.63, 3.8) is 0 Å². The molecule has 7 nitrogen and oxygen atoms in total. The van der Waals surface area contributed by atoms with Crippen LogP contribution < -0.4 is 9.62 Å². The molecule has 0 saturated heterocycles. The third-order valence-corrected chi connectivity index (χ3v) is 6.25. The van der Waals surface area contributed by atoms with Gasteiger partial charge < -0.3 is 10.2 Å². The Morgan fingerprint density at radius 3 is 2.03 bits per heavy atom. The molecule has 0 unspecified atom stereocenters. The molecule has 2 rings (SSSR count). The van der Waals surface area contributed by atoms with E-state index in [9.17, 15) is 18.0 Å². The van der Waals surface area contributed by atoms with Gasteiger partial charge in [0.2, 0.25) is 21.8 Å². The molecule has 8 heteroatoms. The summed E-state index contributed by atoms with van der Waals surface area (Å²) < 4.78 is 25.9. The van der Waals surface area contributed by atoms with E-state index in [1.165, 1.54) is 4.31 Å². The Kier molecular flexibility index (Phi) is 9.05. The van der Waals surface area contributed by atoms with Gasteiger partial charge in [-0.3, -0.25) is 13.9 Å². The highest BCUT2D eigenvalue weighted by Crippen LogP contribution is 2.18. The molecule has 0 spiro atoms. The first-order valence-electron chi connectivity index (χ1n) is 11.1. The zero-order valence-electron chi connectivity index (χ0n) is 20.1. The molecule has 2 aromatic carbocycles. The summed E-state index contributed by atoms with van der Waals surface area (Å²) in [5.74, 6) is -0.425. The molecule has 1 atom stereocenters. The van der Waals surface area contributed by atoms with E-state index in [0.29, 0.717) is 18.7 Å². The van der Waals surface area contributed by atoms with Crippen molar-refractivity contribution in [2.45, 2.75) is 58.7 Å². The minimum absolute atomic E-state index is 0.124. The summed E-state index contributed by atoms with van der Waals surface area (Å²) in [5.41, 5.74) is 1.06. The summed E-state index contributed by atoms with van der Waals surface area (Å²) in [6.45, 7) is 7.87. The number of anilines is 1. The minimum Gasteiger partial charge on any atom is -0.350 e. The molecule has 0 aromatic heterocycles. The molecule has 0 heterocycles. The fraction of sp³-hybridized carbons (Fsp3) is 0.440. The van der Waals surface area contributed by atoms with Crippen LogP contribution in [0, 0.1) is 0 Å². The maximum atomic E-state index is 13.2. The van der Waals surface area contributed by atoms with Gasteiger partial charge in [-0.15, -0.1) is 0 Å². The average Bonchev–Trinajstić information content (AvgIpc) is 2.73. The van der Waals surface area contributed by atoms with E-state index in [1.807, 2.05) is 57.2 Å². The second-order valence-electron chi connectivity index (χ2n) is 9.20. The van der Waals surface area contributed by atoms with Crippen LogP contribution in [0.25, 0.3) is 0 Å². The Balaban J connectivity index is 2.14. The molecule has 180 valence electrons. The van der Waals surface area contributed by atoms with Gasteiger partial charge in [-0.05, 0) is 51.8 Å². The maximum Gasteiger partial charge on any atom is 0.242 e. The normalized spacial score (nSPS) is 12.6. The van der Waals surface area contributed by atoms with Gasteiger partial charge >= 0.3 is 0 Å². The summed E-state index contributed by atoms with van der Waals surface area (Å²) in [4.78, 5) is 27.6. The van der Waals surface area contributed by atoms with Gasteiger partial charge in [0, 0.05) is 25.0 Å². The van der Waals surface area contributed by atoms with Crippen LogP contribution >= 0.6 is 0 Å². The van der Waals surface area contributed by atoms with Crippen LogP contribution in [0.4, 0.5) is 5.69 Å². The van der Waals surface area contributed by atoms with Crippen molar-refractivity contribution in [2.75, 3.05) is 17.1 Å². The lowest BCUT2D eigenvalue weighted by molar-refractivity contribution is -0.141. The van der Waals surface area contributed by atoms with E-state index < -0.39 is 21.6 Å². The van der Waals surface area contributed by atoms with Crippen LogP contribution in [-0.2, 0) is 26.2 Å². The molecule has 2 amide bonds. The monoisotopic (exact) mass is 473 g/mol. The Morgan fingerprint density at radius 2 is 1.52 bits per heavy atom. The van der Waals surface area contributed by atoms with Crippen molar-refractivity contribution in [1.82, 2.24) is 10.2 Å². The summed E-state index contributed by atoms with van der Waals surface area (Å²) in [6, 6.07) is 17.7. The van der Waals surface area contributed by atoms with E-state index in [2.05, 4.69) is 5.32 Å². The number of amides is 2. The van der Waals surface area contributed by atoms with Gasteiger partial charge in [-0.2, -0.15) is 0 Å². The summed E-state index contributed by atoms with van der Waals surface area (Å²) >= 11 is 0. The number of benzene rings is 2. The number of hydrogen-bond acceptors (Lipinski definition) is 4. The van der Waals surface area contributed by atoms with Crippen molar-refractivity contribution in [2.24, 2.45) is 0 Å². The van der Waals surface area contributed by atoms with Gasteiger partial charge in [0.25, 0.3) is 0 Å². The van der Waals surface area contributed by atoms with E-state index in [-0.39, 0.29) is 24.8 Å². The number of nitrogens with zero attached hydrogens (tertiary/aromatic N) is 2. The van der Waals surface area contributed by atoms with Crippen LogP contribution in [0.3, 0.4) is 0 Å². The standard InChI is InChI=1S/C25H35N3O4S/c1-20(24(30)26-25(2,3)4)27(19-21-13-8-6-9-14-21)23(29)17-12-18-28(33(5,31)32)22-15-10-7-11-16-22/h6-11,13-16,20H,12,17-19H2,1-5H3,(H,26,30)/t20-/m0/s1. The molecular weight excluding hydrogens is 438 g/mol. The molecule has 0 aliphatic rings. The fourth-order valence-electron chi connectivity index (χ4n) is 3.43. The SMILES string of the molecule is C[C@@H](C(=O)NC(C)(C)C)N(Cc1ccccc1)C(=O)CCCN(c1ccccc1)S(C)(=O)=O. The zero-order valence-corrected chi connectivity index (χ0v) is 20.9. The quantitative estimate of drug-likeness (QED) is 0.572. The van der Waals surface area contributed by atoms with E-state index >= 15 is 0 Å². The smallest absolute Gasteiger partial charge is 0.242 e. The van der Waals surface area contributed by atoms with Crippen molar-refractivity contribution < 1.29 is 18.0 Å². The summed E-state index contributed by atoms with van der Waals surface area (Å²) in [5, 5.41) is 2.94. The first-order chi connectivity index (χ1) is 15.4. The number of hydrogen-bond donors (Lipinski definition) is 1. The number of rotatable bonds is 10. The van der Waals surface area contributed by atoms with Crippen LogP contribution in [0.15, 0.2) is 60.7 Å². The Hall–Kier alpha value is -2.87. The fourth-order valence-corrected chi connectivity index (χ4v) is 4.40. The molecule has 0 bridgehead atoms. The Bertz CT molecular complexity index is 1020. The largest absolute Gasteiger partial charge is 0.350 e. The molecule has 0 saturated carbocycles. The number of nitrogens with one attached hydrogen (secondary N) is 1. The van der Waals surface area contributed by atoms with E-state index in [0.717, 1.165) is 11.8 Å². The van der Waals surface area contributed by atoms with Crippen LogP contribution in [0.5, 0.6) is 0 Å². The molecule has 1 N–H and O–H groups in total. The Morgan fingerprint density at radius 1 is 0.970 bits per heavy atom. The minimum atomic E-state index is -3.49. The highest BCUT2D eigenvalue weighted by atomic mass is 32.2. The third-order valence-electron chi connectivity index (χ3n) is 5.06. The predicted octanol–water partition coefficient (Wildman–Crippen LogP) is 3.56. The maximum absolute atomic E-state index is 13.2. The topological polar surface area (TPSA) is 86.8 Å². The lowest BCUT2D eigenvalue weighted by Crippen LogP contribution is -2.52. The molecule has 0 radical (unpaired) electrons. The lowest BCUT2D eigenvalue weighted by Gasteiger charge is -2.32. The van der Waals surface area contributed by atoms with E-state index in [4.69, 9.17) is 0 Å². The van der Waals surface area contributed by atoms with Crippen molar-refractivity contribution >= 4 is 27.5 Å². The lowest BCUT2D eigenvalue weighted by atomic mass is 10.1. The molecule has 0 aliphatic heterocycles. The van der Waals surface area contributed by atoms with Crippen LogP contribution in [-0.4, -0.2) is 49.5 Å². The van der Waals surface area contributed by atoms with Crippen molar-refractivity contribution in [3.05, 3.63) is 66.2 Å². The first-order valence-corrected chi connectivity index (χ1v) is 12.9. The Labute approximate surface area is 197 Å². The van der Waals surface area contributed by atoms with Crippen LogP contribution in [0.1, 0.15) is 46.1 Å². The van der Waals surface area contributed by atoms with Gasteiger partial charge in [-0.1, -0.05) is 48.5 Å². The average molecular weight is 474 g/mol. The van der Waals surface area contributed by atoms with Gasteiger partial charge in [0.1, 0.15) is 6.04 Å². The zero-order chi connectivity index (χ0) is 24.6. The predicted molar refractivity (Wildman–Crippen MR) is 132 cm³/mol. The number of para-hydroxylation sites is 1. The van der Waals surface area contributed by atoms with Crippen molar-refractivity contribution in [1.29, 1.82) is 0 Å². The van der Waals surface area contributed by atoms with Crippen molar-refractivity contribution in [3.8, 4) is 0 Å². The summed E-state index contributed by atoms with van der Waals surface area (Å²) in [6.07, 6.45) is 1.61. The molecule has 2 aromatic rings. The summed E-state index contributed by atoms with van der Waals surface area (Å²) in [7, 11) is -3.49. The second-order valence-corrected chi connectivity index (χ2v) is 11.1. The number of sulfonamides is 1. The van der Waals surface area contributed by atoms with Gasteiger partial charge in [-0.25, -0.2) is 8.42 Å². The van der Waals surface area contributed by atoms with Gasteiger partial charge in [0.05, 0.1) is 11.9 Å². The number of carbonyl (C=O) groups excluding carboxylic acids is 2. The molecule has 0 aliphatic carbocycles. The highest BCUT2D eigenvalue weighted by Gasteiger charge is 2.28. The second kappa shape index (κ2) is 11.3. The highest BCUT2D eigenvalue weighted by molar-refractivity contribution is 7.92. The first kappa shape index (κ1) is 26.4. The molecular formula is C25H35N3O4S.